The van der Waals surface area contributed by atoms with Crippen molar-refractivity contribution in [1.82, 2.24) is 4.98 Å². The number of furan rings is 1. The van der Waals surface area contributed by atoms with Crippen LogP contribution in [0.2, 0.25) is 0 Å². The predicted octanol–water partition coefficient (Wildman–Crippen LogP) is 6.11. The Labute approximate surface area is 206 Å². The zero-order chi connectivity index (χ0) is 24.9. The van der Waals surface area contributed by atoms with Crippen LogP contribution in [-0.2, 0) is 4.79 Å². The molecule has 1 N–H and O–H groups in total. The van der Waals surface area contributed by atoms with Crippen molar-refractivity contribution >= 4 is 38.4 Å². The summed E-state index contributed by atoms with van der Waals surface area (Å²) in [7, 11) is 1.58. The third-order valence-corrected chi connectivity index (χ3v) is 7.14. The Balaban J connectivity index is 1.66. The van der Waals surface area contributed by atoms with E-state index in [1.54, 1.807) is 32.2 Å². The lowest BCUT2D eigenvalue weighted by Crippen LogP contribution is -2.31. The van der Waals surface area contributed by atoms with Gasteiger partial charge in [-0.2, -0.15) is 0 Å². The number of amides is 1. The van der Waals surface area contributed by atoms with Crippen LogP contribution in [0, 0.1) is 6.92 Å². The molecule has 2 aromatic carbocycles. The number of aliphatic hydroxyl groups excluding tert-OH is 1. The molecule has 0 radical (unpaired) electrons. The Kier molecular flexibility index (Phi) is 5.68. The number of carbonyl (C=O) groups excluding carboxylic acids is 2. The van der Waals surface area contributed by atoms with Crippen LogP contribution in [-0.4, -0.2) is 28.9 Å². The number of hydrogen-bond acceptors (Lipinski definition) is 7. The number of aryl methyl sites for hydroxylation is 1. The van der Waals surface area contributed by atoms with Crippen LogP contribution < -0.4 is 9.64 Å². The highest BCUT2D eigenvalue weighted by Crippen LogP contribution is 2.44. The quantitative estimate of drug-likeness (QED) is 0.329. The summed E-state index contributed by atoms with van der Waals surface area (Å²) in [6.45, 7) is 5.92. The van der Waals surface area contributed by atoms with E-state index in [2.05, 4.69) is 18.8 Å². The van der Waals surface area contributed by atoms with Crippen molar-refractivity contribution < 1.29 is 23.8 Å². The Morgan fingerprint density at radius 1 is 1.14 bits per heavy atom. The molecule has 0 saturated carbocycles. The summed E-state index contributed by atoms with van der Waals surface area (Å²) in [4.78, 5) is 32.9. The van der Waals surface area contributed by atoms with Crippen molar-refractivity contribution in [1.29, 1.82) is 0 Å². The van der Waals surface area contributed by atoms with Crippen LogP contribution in [0.4, 0.5) is 5.13 Å². The molecule has 0 fully saturated rings. The minimum absolute atomic E-state index is 0.0292. The van der Waals surface area contributed by atoms with Gasteiger partial charge in [0.15, 0.2) is 16.7 Å². The van der Waals surface area contributed by atoms with Crippen LogP contribution in [0.5, 0.6) is 5.75 Å². The largest absolute Gasteiger partial charge is 0.503 e. The summed E-state index contributed by atoms with van der Waals surface area (Å²) in [6.07, 6.45) is 0. The Morgan fingerprint density at radius 3 is 2.51 bits per heavy atom. The molecule has 8 heteroatoms. The number of Topliss-reactive ketones (excluding diaryl/α,β-unsaturated/α-hetero) is 1. The molecule has 2 aromatic heterocycles. The summed E-state index contributed by atoms with van der Waals surface area (Å²) in [5, 5.41) is 11.3. The van der Waals surface area contributed by atoms with E-state index in [1.165, 1.54) is 16.2 Å². The molecule has 3 heterocycles. The van der Waals surface area contributed by atoms with Crippen molar-refractivity contribution in [3.05, 3.63) is 88.6 Å². The fourth-order valence-corrected chi connectivity index (χ4v) is 5.25. The first-order valence-electron chi connectivity index (χ1n) is 11.2. The van der Waals surface area contributed by atoms with Crippen molar-refractivity contribution in [3.63, 3.8) is 0 Å². The lowest BCUT2D eigenvalue weighted by atomic mass is 9.93. The van der Waals surface area contributed by atoms with Crippen LogP contribution in [0.1, 0.15) is 53.2 Å². The second kappa shape index (κ2) is 8.70. The summed E-state index contributed by atoms with van der Waals surface area (Å²) in [5.41, 5.74) is 2.47. The zero-order valence-electron chi connectivity index (χ0n) is 19.7. The lowest BCUT2D eigenvalue weighted by molar-refractivity contribution is -0.117. The van der Waals surface area contributed by atoms with Gasteiger partial charge in [0.2, 0.25) is 5.78 Å². The Bertz CT molecular complexity index is 1480. The predicted molar refractivity (Wildman–Crippen MR) is 134 cm³/mol. The fourth-order valence-electron chi connectivity index (χ4n) is 4.23. The highest BCUT2D eigenvalue weighted by atomic mass is 32.1. The third-order valence-electron chi connectivity index (χ3n) is 6.13. The number of benzene rings is 2. The molecule has 0 spiro atoms. The number of rotatable bonds is 6. The second-order valence-electron chi connectivity index (χ2n) is 8.73. The van der Waals surface area contributed by atoms with Gasteiger partial charge in [-0.1, -0.05) is 49.4 Å². The van der Waals surface area contributed by atoms with Crippen LogP contribution in [0.3, 0.4) is 0 Å². The normalized spacial score (nSPS) is 16.1. The summed E-state index contributed by atoms with van der Waals surface area (Å²) in [6, 6.07) is 15.5. The summed E-state index contributed by atoms with van der Waals surface area (Å²) in [5.74, 6) is -0.192. The van der Waals surface area contributed by atoms with Crippen molar-refractivity contribution in [2.24, 2.45) is 0 Å². The van der Waals surface area contributed by atoms with Gasteiger partial charge in [0.1, 0.15) is 11.5 Å². The molecule has 35 heavy (non-hydrogen) atoms. The Hall–Kier alpha value is -3.91. The molecular formula is C27H24N2O5S. The summed E-state index contributed by atoms with van der Waals surface area (Å²) >= 11 is 1.29. The molecule has 1 aliphatic rings. The van der Waals surface area contributed by atoms with E-state index < -0.39 is 23.5 Å². The SMILES string of the molecule is COc1ccc2nc(N3C(=O)C(O)=C(C(=O)c4ccc(C)o4)C3c3ccc(C(C)C)cc3)sc2c1. The molecule has 7 nitrogen and oxygen atoms in total. The zero-order valence-corrected chi connectivity index (χ0v) is 20.6. The molecular weight excluding hydrogens is 464 g/mol. The van der Waals surface area contributed by atoms with Gasteiger partial charge in [-0.25, -0.2) is 4.98 Å². The number of ketones is 1. The van der Waals surface area contributed by atoms with E-state index in [-0.39, 0.29) is 11.3 Å². The van der Waals surface area contributed by atoms with E-state index in [1.807, 2.05) is 36.4 Å². The van der Waals surface area contributed by atoms with Gasteiger partial charge in [-0.05, 0) is 54.3 Å². The number of nitrogens with zero attached hydrogens (tertiary/aromatic N) is 2. The molecule has 5 rings (SSSR count). The van der Waals surface area contributed by atoms with E-state index in [0.717, 1.165) is 10.3 Å². The lowest BCUT2D eigenvalue weighted by Gasteiger charge is -2.24. The van der Waals surface area contributed by atoms with Gasteiger partial charge in [-0.15, -0.1) is 0 Å². The molecule has 1 amide bonds. The average molecular weight is 489 g/mol. The van der Waals surface area contributed by atoms with E-state index in [4.69, 9.17) is 9.15 Å². The van der Waals surface area contributed by atoms with Gasteiger partial charge in [0.05, 0.1) is 28.9 Å². The highest BCUT2D eigenvalue weighted by molar-refractivity contribution is 7.22. The molecule has 0 aliphatic carbocycles. The standard InChI is InChI=1S/C27H24N2O5S/c1-14(2)16-6-8-17(9-7-16)23-22(24(30)20-12-5-15(3)34-20)25(31)26(32)29(23)27-28-19-11-10-18(33-4)13-21(19)35-27/h5-14,23,31H,1-4H3. The molecule has 0 saturated heterocycles. The van der Waals surface area contributed by atoms with E-state index in [0.29, 0.717) is 33.6 Å². The molecule has 1 atom stereocenters. The number of fused-ring (bicyclic) bond motifs is 1. The van der Waals surface area contributed by atoms with E-state index >= 15 is 0 Å². The minimum atomic E-state index is -0.857. The number of aromatic nitrogens is 1. The van der Waals surface area contributed by atoms with Gasteiger partial charge in [-0.3, -0.25) is 14.5 Å². The first kappa shape index (κ1) is 22.9. The minimum Gasteiger partial charge on any atom is -0.503 e. The number of carbonyl (C=O) groups is 2. The number of methoxy groups -OCH3 is 1. The van der Waals surface area contributed by atoms with Gasteiger partial charge >= 0.3 is 0 Å². The van der Waals surface area contributed by atoms with Crippen molar-refractivity contribution in [2.75, 3.05) is 12.0 Å². The maximum absolute atomic E-state index is 13.5. The number of anilines is 1. The number of aliphatic hydroxyl groups is 1. The monoisotopic (exact) mass is 488 g/mol. The smallest absolute Gasteiger partial charge is 0.296 e. The average Bonchev–Trinajstić information content (AvgIpc) is 3.54. The van der Waals surface area contributed by atoms with Crippen LogP contribution >= 0.6 is 11.3 Å². The maximum Gasteiger partial charge on any atom is 0.296 e. The van der Waals surface area contributed by atoms with Gasteiger partial charge in [0.25, 0.3) is 5.91 Å². The number of ether oxygens (including phenoxy) is 1. The first-order chi connectivity index (χ1) is 16.8. The van der Waals surface area contributed by atoms with Crippen molar-refractivity contribution in [2.45, 2.75) is 32.7 Å². The molecule has 4 aromatic rings. The van der Waals surface area contributed by atoms with Gasteiger partial charge in [0, 0.05) is 0 Å². The van der Waals surface area contributed by atoms with Crippen molar-refractivity contribution in [3.8, 4) is 5.75 Å². The second-order valence-corrected chi connectivity index (χ2v) is 9.74. The van der Waals surface area contributed by atoms with Crippen LogP contribution in [0.25, 0.3) is 10.2 Å². The third kappa shape index (κ3) is 3.89. The number of thiazole rings is 1. The molecule has 178 valence electrons. The fraction of sp³-hybridized carbons (Fsp3) is 0.222. The number of hydrogen-bond donors (Lipinski definition) is 1. The highest BCUT2D eigenvalue weighted by Gasteiger charge is 2.46. The van der Waals surface area contributed by atoms with E-state index in [9.17, 15) is 14.7 Å². The Morgan fingerprint density at radius 2 is 1.89 bits per heavy atom. The summed E-state index contributed by atoms with van der Waals surface area (Å²) < 4.78 is 11.7. The molecule has 0 bridgehead atoms. The molecule has 1 unspecified atom stereocenters. The molecule has 1 aliphatic heterocycles. The van der Waals surface area contributed by atoms with Gasteiger partial charge < -0.3 is 14.3 Å². The topological polar surface area (TPSA) is 92.9 Å². The first-order valence-corrected chi connectivity index (χ1v) is 12.0. The van der Waals surface area contributed by atoms with Crippen LogP contribution in [0.15, 0.2) is 70.3 Å². The maximum atomic E-state index is 13.5.